The van der Waals surface area contributed by atoms with E-state index in [0.29, 0.717) is 60.0 Å². The number of rotatable bonds is 6. The van der Waals surface area contributed by atoms with Crippen molar-refractivity contribution in [3.05, 3.63) is 90.8 Å². The zero-order valence-electron chi connectivity index (χ0n) is 28.3. The first-order chi connectivity index (χ1) is 24.1. The molecule has 0 aliphatic heterocycles. The summed E-state index contributed by atoms with van der Waals surface area (Å²) in [4.78, 5) is 22.1. The minimum absolute atomic E-state index is 0.0939. The lowest BCUT2D eigenvalue weighted by atomic mass is 10.2. The summed E-state index contributed by atoms with van der Waals surface area (Å²) in [6, 6.07) is 17.8. The maximum Gasteiger partial charge on any atom is 0.344 e. The maximum absolute atomic E-state index is 11.5. The third kappa shape index (κ3) is 17.7. The average Bonchev–Trinajstić information content (AvgIpc) is 2.99. The third-order valence-corrected chi connectivity index (χ3v) is 7.10. The van der Waals surface area contributed by atoms with E-state index in [1.54, 1.807) is 57.2 Å². The predicted molar refractivity (Wildman–Crippen MR) is 215 cm³/mol. The van der Waals surface area contributed by atoms with Crippen LogP contribution < -0.4 is 43.5 Å². The van der Waals surface area contributed by atoms with Gasteiger partial charge in [0.05, 0.1) is 42.2 Å². The number of carbonyl (C=O) groups is 2. The molecule has 0 fully saturated rings. The Hall–Kier alpha value is -4.35. The van der Waals surface area contributed by atoms with Crippen LogP contribution in [0.5, 0.6) is 11.5 Å². The zero-order chi connectivity index (χ0) is 39.8. The Morgan fingerprint density at radius 3 is 1.58 bits per heavy atom. The van der Waals surface area contributed by atoms with Gasteiger partial charge in [-0.1, -0.05) is 69.6 Å². The molecule has 0 bridgehead atoms. The van der Waals surface area contributed by atoms with Crippen LogP contribution in [0.15, 0.2) is 60.7 Å². The number of benzene rings is 4. The number of carbonyl (C=O) groups excluding carboxylic acids is 2. The molecule has 1 amide bonds. The third-order valence-electron chi connectivity index (χ3n) is 5.43. The molecule has 280 valence electrons. The van der Waals surface area contributed by atoms with Crippen molar-refractivity contribution >= 4 is 116 Å². The van der Waals surface area contributed by atoms with Crippen molar-refractivity contribution in [3.8, 4) is 17.6 Å². The Labute approximate surface area is 331 Å². The van der Waals surface area contributed by atoms with Gasteiger partial charge in [0.2, 0.25) is 5.91 Å². The highest BCUT2D eigenvalue weighted by molar-refractivity contribution is 6.38. The number of nitriles is 1. The SMILES string of the molecule is CC(=O)Nc1ccc(N)cc1Cl.CC(C)(C)OC(=O)COc1c(Cl)cc(N)cc1Cl.N#CCOc1c(Cl)cc(N)cc1Cl.Nc1ccc(Cl)cc1N. The quantitative estimate of drug-likeness (QED) is 0.0792. The van der Waals surface area contributed by atoms with E-state index >= 15 is 0 Å². The number of anilines is 6. The molecule has 12 nitrogen and oxygen atoms in total. The van der Waals surface area contributed by atoms with Crippen molar-refractivity contribution in [2.24, 2.45) is 0 Å². The summed E-state index contributed by atoms with van der Waals surface area (Å²) in [7, 11) is 0. The van der Waals surface area contributed by atoms with E-state index in [-0.39, 0.29) is 34.9 Å². The van der Waals surface area contributed by atoms with Crippen LogP contribution in [0, 0.1) is 11.3 Å². The molecule has 0 heterocycles. The van der Waals surface area contributed by atoms with Crippen LogP contribution in [0.4, 0.5) is 34.1 Å². The molecule has 0 radical (unpaired) electrons. The minimum atomic E-state index is -0.560. The smallest absolute Gasteiger partial charge is 0.344 e. The highest BCUT2D eigenvalue weighted by Gasteiger charge is 2.18. The van der Waals surface area contributed by atoms with E-state index in [1.807, 2.05) is 6.07 Å². The molecule has 52 heavy (non-hydrogen) atoms. The number of nitrogens with one attached hydrogen (secondary N) is 1. The number of nitrogens with zero attached hydrogens (tertiary/aromatic N) is 1. The van der Waals surface area contributed by atoms with Gasteiger partial charge in [0.25, 0.3) is 0 Å². The average molecular weight is 836 g/mol. The van der Waals surface area contributed by atoms with E-state index in [1.165, 1.54) is 31.2 Å². The Morgan fingerprint density at radius 1 is 0.692 bits per heavy atom. The maximum atomic E-state index is 11.5. The van der Waals surface area contributed by atoms with Gasteiger partial charge in [-0.25, -0.2) is 4.79 Å². The second-order valence-electron chi connectivity index (χ2n) is 11.1. The number of esters is 1. The molecule has 0 aromatic heterocycles. The molecule has 0 atom stereocenters. The van der Waals surface area contributed by atoms with Crippen LogP contribution in [0.25, 0.3) is 0 Å². The fourth-order valence-electron chi connectivity index (χ4n) is 3.41. The van der Waals surface area contributed by atoms with Gasteiger partial charge < -0.3 is 48.2 Å². The van der Waals surface area contributed by atoms with E-state index in [4.69, 9.17) is 118 Å². The summed E-state index contributed by atoms with van der Waals surface area (Å²) >= 11 is 34.7. The molecule has 0 aliphatic carbocycles. The molecule has 4 aromatic carbocycles. The summed E-state index contributed by atoms with van der Waals surface area (Å²) in [6.07, 6.45) is 0. The highest BCUT2D eigenvalue weighted by atomic mass is 35.5. The van der Waals surface area contributed by atoms with Gasteiger partial charge >= 0.3 is 5.97 Å². The lowest BCUT2D eigenvalue weighted by Gasteiger charge is -2.19. The molecular formula is C34H37Cl6N7O5. The van der Waals surface area contributed by atoms with Gasteiger partial charge in [-0.15, -0.1) is 0 Å². The summed E-state index contributed by atoms with van der Waals surface area (Å²) < 4.78 is 15.3. The lowest BCUT2D eigenvalue weighted by molar-refractivity contribution is -0.157. The van der Waals surface area contributed by atoms with E-state index < -0.39 is 11.6 Å². The van der Waals surface area contributed by atoms with Crippen molar-refractivity contribution in [2.75, 3.05) is 47.2 Å². The largest absolute Gasteiger partial charge is 0.479 e. The molecule has 4 rings (SSSR count). The second kappa shape index (κ2) is 21.9. The van der Waals surface area contributed by atoms with Gasteiger partial charge in [-0.05, 0) is 81.4 Å². The summed E-state index contributed by atoms with van der Waals surface area (Å²) in [5.41, 5.74) is 29.9. The monoisotopic (exact) mass is 833 g/mol. The molecule has 18 heteroatoms. The number of nitrogens with two attached hydrogens (primary N) is 5. The fourth-order valence-corrected chi connectivity index (χ4v) is 5.05. The van der Waals surface area contributed by atoms with Crippen molar-refractivity contribution in [1.82, 2.24) is 0 Å². The Morgan fingerprint density at radius 2 is 1.17 bits per heavy atom. The molecule has 0 saturated heterocycles. The number of ether oxygens (including phenoxy) is 3. The van der Waals surface area contributed by atoms with Gasteiger partial charge in [-0.3, -0.25) is 4.79 Å². The van der Waals surface area contributed by atoms with E-state index in [0.717, 1.165) is 0 Å². The molecule has 0 saturated carbocycles. The molecule has 0 aliphatic rings. The minimum Gasteiger partial charge on any atom is -0.479 e. The van der Waals surface area contributed by atoms with Gasteiger partial charge in [-0.2, -0.15) is 5.26 Å². The van der Waals surface area contributed by atoms with Crippen molar-refractivity contribution in [1.29, 1.82) is 5.26 Å². The van der Waals surface area contributed by atoms with Crippen LogP contribution in [0.3, 0.4) is 0 Å². The highest BCUT2D eigenvalue weighted by Crippen LogP contribution is 2.36. The Kier molecular flexibility index (Phi) is 19.2. The second-order valence-corrected chi connectivity index (χ2v) is 13.6. The van der Waals surface area contributed by atoms with Gasteiger partial charge in [0.1, 0.15) is 11.7 Å². The number of halogens is 6. The summed E-state index contributed by atoms with van der Waals surface area (Å²) in [5.74, 6) is -0.134. The summed E-state index contributed by atoms with van der Waals surface area (Å²) in [5, 5.41) is 13.0. The Bertz CT molecular complexity index is 1840. The van der Waals surface area contributed by atoms with Gasteiger partial charge in [0.15, 0.2) is 24.7 Å². The van der Waals surface area contributed by atoms with Crippen molar-refractivity contribution < 1.29 is 23.8 Å². The predicted octanol–water partition coefficient (Wildman–Crippen LogP) is 9.16. The van der Waals surface area contributed by atoms with Crippen LogP contribution in [0.2, 0.25) is 30.1 Å². The first-order valence-corrected chi connectivity index (χ1v) is 16.9. The lowest BCUT2D eigenvalue weighted by Crippen LogP contribution is -2.27. The van der Waals surface area contributed by atoms with Crippen molar-refractivity contribution in [3.63, 3.8) is 0 Å². The van der Waals surface area contributed by atoms with E-state index in [9.17, 15) is 9.59 Å². The number of amides is 1. The molecule has 11 N–H and O–H groups in total. The molecule has 0 spiro atoms. The van der Waals surface area contributed by atoms with Gasteiger partial charge in [0, 0.05) is 29.0 Å². The van der Waals surface area contributed by atoms with Crippen LogP contribution >= 0.6 is 69.6 Å². The molecular weight excluding hydrogens is 799 g/mol. The van der Waals surface area contributed by atoms with E-state index in [2.05, 4.69) is 5.32 Å². The topological polar surface area (TPSA) is 228 Å². The van der Waals surface area contributed by atoms with Crippen LogP contribution in [-0.4, -0.2) is 30.7 Å². The number of nitrogen functional groups attached to an aromatic ring is 5. The normalized spacial score (nSPS) is 10.0. The van der Waals surface area contributed by atoms with Crippen LogP contribution in [0.1, 0.15) is 27.7 Å². The summed E-state index contributed by atoms with van der Waals surface area (Å²) in [6.45, 7) is 6.38. The number of hydrogen-bond donors (Lipinski definition) is 6. The standard InChI is InChI=1S/C12H15Cl2NO3.C8H6Cl2N2O.C8H9ClN2O.C6H7ClN2/c1-12(2,3)18-10(16)6-17-11-8(13)4-7(15)5-9(11)14;9-6-3-5(12)4-7(10)8(6)13-2-1-11;1-5(12)11-8-3-2-6(10)4-7(8)9;7-4-1-2-5(8)6(9)3-4/h4-5H,6,15H2,1-3H3;3-4H,2,12H2;2-4H,10H2,1H3,(H,11,12);1-3H,8-9H2. The molecule has 4 aromatic rings. The van der Waals surface area contributed by atoms with Crippen molar-refractivity contribution in [2.45, 2.75) is 33.3 Å². The first-order valence-electron chi connectivity index (χ1n) is 14.6. The molecule has 0 unspecified atom stereocenters. The fraction of sp³-hybridized carbons (Fsp3) is 0.206. The first kappa shape index (κ1) is 45.7. The zero-order valence-corrected chi connectivity index (χ0v) is 32.9. The van der Waals surface area contributed by atoms with Crippen LogP contribution in [-0.2, 0) is 14.3 Å². The Balaban J connectivity index is 0.000000357. The number of hydrogen-bond acceptors (Lipinski definition) is 11.